The molecule has 0 spiro atoms. The molecule has 1 N–H and O–H groups in total. The molecule has 0 radical (unpaired) electrons. The summed E-state index contributed by atoms with van der Waals surface area (Å²) in [4.78, 5) is 14.2. The van der Waals surface area contributed by atoms with E-state index in [2.05, 4.69) is 4.90 Å². The molecule has 1 unspecified atom stereocenters. The summed E-state index contributed by atoms with van der Waals surface area (Å²) in [6.07, 6.45) is 0.359. The van der Waals surface area contributed by atoms with E-state index in [-0.39, 0.29) is 24.4 Å². The minimum absolute atomic E-state index is 0.0779. The molecule has 0 aromatic heterocycles. The Labute approximate surface area is 168 Å². The summed E-state index contributed by atoms with van der Waals surface area (Å²) in [5, 5.41) is 12.5. The van der Waals surface area contributed by atoms with Gasteiger partial charge in [0.1, 0.15) is 5.78 Å². The first kappa shape index (κ1) is 17.7. The Balaban J connectivity index is 1.82. The molecule has 0 bridgehead atoms. The van der Waals surface area contributed by atoms with E-state index in [1.54, 1.807) is 13.0 Å². The van der Waals surface area contributed by atoms with Crippen molar-refractivity contribution in [1.82, 2.24) is 0 Å². The van der Waals surface area contributed by atoms with Crippen LogP contribution in [0.3, 0.4) is 0 Å². The van der Waals surface area contributed by atoms with Gasteiger partial charge in [-0.3, -0.25) is 4.79 Å². The van der Waals surface area contributed by atoms with Crippen LogP contribution in [0.5, 0.6) is 23.0 Å². The van der Waals surface area contributed by atoms with Gasteiger partial charge in [0.15, 0.2) is 23.0 Å². The quantitative estimate of drug-likeness (QED) is 0.713. The van der Waals surface area contributed by atoms with Crippen molar-refractivity contribution < 1.29 is 24.1 Å². The maximum atomic E-state index is 12.1. The Morgan fingerprint density at radius 1 is 1.17 bits per heavy atom. The molecule has 0 fully saturated rings. The number of ketones is 1. The van der Waals surface area contributed by atoms with Gasteiger partial charge in [-0.25, -0.2) is 0 Å². The maximum Gasteiger partial charge on any atom is 0.231 e. The molecule has 6 heteroatoms. The normalized spacial score (nSPS) is 16.5. The Hall–Kier alpha value is -3.41. The number of nitrogens with zero attached hydrogens (tertiary/aromatic N) is 1. The van der Waals surface area contributed by atoms with E-state index in [1.807, 2.05) is 37.4 Å². The van der Waals surface area contributed by atoms with Crippen molar-refractivity contribution in [3.05, 3.63) is 42.0 Å². The smallest absolute Gasteiger partial charge is 0.231 e. The fourth-order valence-electron chi connectivity index (χ4n) is 4.44. The second-order valence-electron chi connectivity index (χ2n) is 7.53. The van der Waals surface area contributed by atoms with E-state index >= 15 is 0 Å². The number of phenols is 1. The molecule has 3 aromatic rings. The predicted molar refractivity (Wildman–Crippen MR) is 110 cm³/mol. The van der Waals surface area contributed by atoms with E-state index in [0.29, 0.717) is 17.9 Å². The lowest BCUT2D eigenvalue weighted by Gasteiger charge is -2.38. The Morgan fingerprint density at radius 2 is 1.93 bits per heavy atom. The number of Topliss-reactive ketones (excluding diaryl/α,β-unsaturated/α-hetero) is 1. The lowest BCUT2D eigenvalue weighted by molar-refractivity contribution is -0.117. The third-order valence-corrected chi connectivity index (χ3v) is 5.79. The van der Waals surface area contributed by atoms with E-state index in [0.717, 1.165) is 38.9 Å². The number of benzene rings is 3. The van der Waals surface area contributed by atoms with Gasteiger partial charge in [0.2, 0.25) is 6.79 Å². The second-order valence-corrected chi connectivity index (χ2v) is 7.53. The van der Waals surface area contributed by atoms with Crippen molar-refractivity contribution >= 4 is 22.2 Å². The average Bonchev–Trinajstić information content (AvgIpc) is 3.15. The zero-order valence-corrected chi connectivity index (χ0v) is 16.5. The molecule has 148 valence electrons. The number of carbonyl (C=O) groups excluding carboxylic acids is 1. The van der Waals surface area contributed by atoms with Gasteiger partial charge in [0.25, 0.3) is 0 Å². The standard InChI is InChI=1S/C23H21NO5/c1-12(25)6-18-17-10-20(27-3)19(26)8-16(17)14-5-4-13-7-21-22(29-11-28-21)9-15(13)23(14)24(18)2/h4-5,7-10,18,26H,6,11H2,1-3H3. The van der Waals surface area contributed by atoms with E-state index in [1.165, 1.54) is 7.11 Å². The Bertz CT molecular complexity index is 1170. The number of fused-ring (bicyclic) bond motifs is 6. The molecule has 0 saturated carbocycles. The number of aromatic hydroxyl groups is 1. The van der Waals surface area contributed by atoms with Crippen molar-refractivity contribution in [2.75, 3.05) is 25.9 Å². The molecule has 29 heavy (non-hydrogen) atoms. The first-order valence-electron chi connectivity index (χ1n) is 9.48. The van der Waals surface area contributed by atoms with E-state index in [9.17, 15) is 9.90 Å². The monoisotopic (exact) mass is 391 g/mol. The number of methoxy groups -OCH3 is 1. The minimum atomic E-state index is -0.166. The van der Waals surface area contributed by atoms with Crippen LogP contribution in [0.25, 0.3) is 21.9 Å². The van der Waals surface area contributed by atoms with Crippen LogP contribution in [0.1, 0.15) is 24.9 Å². The summed E-state index contributed by atoms with van der Waals surface area (Å²) >= 11 is 0. The van der Waals surface area contributed by atoms with Crippen molar-refractivity contribution in [1.29, 1.82) is 0 Å². The molecule has 5 rings (SSSR count). The number of hydrogen-bond acceptors (Lipinski definition) is 6. The highest BCUT2D eigenvalue weighted by molar-refractivity contribution is 6.05. The average molecular weight is 391 g/mol. The zero-order valence-electron chi connectivity index (χ0n) is 16.5. The van der Waals surface area contributed by atoms with Gasteiger partial charge in [0.05, 0.1) is 18.8 Å². The van der Waals surface area contributed by atoms with Crippen LogP contribution in [0, 0.1) is 0 Å². The molecule has 0 saturated heterocycles. The zero-order chi connectivity index (χ0) is 20.3. The van der Waals surface area contributed by atoms with Crippen molar-refractivity contribution in [2.24, 2.45) is 0 Å². The SMILES string of the molecule is COc1cc2c(cc1O)-c1ccc3cc4c(cc3c1N(C)C2CC(C)=O)OCO4. The summed E-state index contributed by atoms with van der Waals surface area (Å²) in [5.74, 6) is 2.03. The number of ether oxygens (including phenoxy) is 3. The van der Waals surface area contributed by atoms with Crippen LogP contribution in [-0.4, -0.2) is 31.8 Å². The molecular formula is C23H21NO5. The molecule has 1 atom stereocenters. The van der Waals surface area contributed by atoms with Crippen LogP contribution in [-0.2, 0) is 4.79 Å². The van der Waals surface area contributed by atoms with Gasteiger partial charge in [-0.05, 0) is 47.7 Å². The van der Waals surface area contributed by atoms with Crippen molar-refractivity contribution in [3.8, 4) is 34.1 Å². The predicted octanol–water partition coefficient (Wildman–Crippen LogP) is 4.42. The third-order valence-electron chi connectivity index (χ3n) is 5.79. The number of carbonyl (C=O) groups is 1. The molecular weight excluding hydrogens is 370 g/mol. The highest BCUT2D eigenvalue weighted by Gasteiger charge is 2.33. The summed E-state index contributed by atoms with van der Waals surface area (Å²) in [7, 11) is 3.52. The summed E-state index contributed by atoms with van der Waals surface area (Å²) in [6.45, 7) is 1.81. The van der Waals surface area contributed by atoms with Crippen LogP contribution in [0.4, 0.5) is 5.69 Å². The highest BCUT2D eigenvalue weighted by atomic mass is 16.7. The topological polar surface area (TPSA) is 68.2 Å². The number of anilines is 1. The van der Waals surface area contributed by atoms with Gasteiger partial charge >= 0.3 is 0 Å². The summed E-state index contributed by atoms with van der Waals surface area (Å²) in [5.41, 5.74) is 3.86. The molecule has 0 aliphatic carbocycles. The van der Waals surface area contributed by atoms with Crippen molar-refractivity contribution in [2.45, 2.75) is 19.4 Å². The Kier molecular flexibility index (Phi) is 3.84. The molecule has 2 aliphatic rings. The Morgan fingerprint density at radius 3 is 2.66 bits per heavy atom. The van der Waals surface area contributed by atoms with Gasteiger partial charge in [-0.1, -0.05) is 12.1 Å². The molecule has 3 aromatic carbocycles. The maximum absolute atomic E-state index is 12.1. The van der Waals surface area contributed by atoms with Crippen LogP contribution in [0.2, 0.25) is 0 Å². The molecule has 2 aliphatic heterocycles. The lowest BCUT2D eigenvalue weighted by Crippen LogP contribution is -2.30. The van der Waals surface area contributed by atoms with Gasteiger partial charge in [-0.2, -0.15) is 0 Å². The van der Waals surface area contributed by atoms with Crippen LogP contribution >= 0.6 is 0 Å². The number of phenolic OH excluding ortho intramolecular Hbond substituents is 1. The first-order chi connectivity index (χ1) is 14.0. The van der Waals surface area contributed by atoms with Crippen molar-refractivity contribution in [3.63, 3.8) is 0 Å². The van der Waals surface area contributed by atoms with Gasteiger partial charge < -0.3 is 24.2 Å². The lowest BCUT2D eigenvalue weighted by atomic mass is 9.84. The molecule has 2 heterocycles. The molecule has 0 amide bonds. The van der Waals surface area contributed by atoms with Crippen LogP contribution < -0.4 is 19.1 Å². The second kappa shape index (κ2) is 6.30. The largest absolute Gasteiger partial charge is 0.504 e. The summed E-state index contributed by atoms with van der Waals surface area (Å²) in [6, 6.07) is 11.5. The van der Waals surface area contributed by atoms with E-state index < -0.39 is 0 Å². The fraction of sp³-hybridized carbons (Fsp3) is 0.261. The van der Waals surface area contributed by atoms with Gasteiger partial charge in [0, 0.05) is 24.4 Å². The fourth-order valence-corrected chi connectivity index (χ4v) is 4.44. The first-order valence-corrected chi connectivity index (χ1v) is 9.48. The number of hydrogen-bond donors (Lipinski definition) is 1. The third kappa shape index (κ3) is 2.59. The van der Waals surface area contributed by atoms with Gasteiger partial charge in [-0.15, -0.1) is 0 Å². The van der Waals surface area contributed by atoms with E-state index in [4.69, 9.17) is 14.2 Å². The van der Waals surface area contributed by atoms with Crippen LogP contribution in [0.15, 0.2) is 36.4 Å². The minimum Gasteiger partial charge on any atom is -0.504 e. The highest BCUT2D eigenvalue weighted by Crippen LogP contribution is 2.52. The summed E-state index contributed by atoms with van der Waals surface area (Å²) < 4.78 is 16.4. The number of rotatable bonds is 3. The molecule has 6 nitrogen and oxygen atoms in total.